The normalized spacial score (nSPS) is 14.8. The van der Waals surface area contributed by atoms with Crippen molar-refractivity contribution in [3.8, 4) is 0 Å². The molecule has 0 bridgehead atoms. The van der Waals surface area contributed by atoms with E-state index in [1.807, 2.05) is 38.3 Å². The molecule has 0 aliphatic heterocycles. The van der Waals surface area contributed by atoms with Crippen LogP contribution in [0.15, 0.2) is 23.0 Å². The number of imidazole rings is 1. The fourth-order valence-corrected chi connectivity index (χ4v) is 3.91. The van der Waals surface area contributed by atoms with Crippen LogP contribution in [0.25, 0.3) is 11.0 Å². The maximum atomic E-state index is 12.6. The highest BCUT2D eigenvalue weighted by Crippen LogP contribution is 2.30. The van der Waals surface area contributed by atoms with Gasteiger partial charge in [-0.2, -0.15) is 0 Å². The Morgan fingerprint density at radius 3 is 2.60 bits per heavy atom. The van der Waals surface area contributed by atoms with E-state index < -0.39 is 11.7 Å². The molecule has 1 aliphatic carbocycles. The van der Waals surface area contributed by atoms with Crippen LogP contribution in [-0.4, -0.2) is 51.7 Å². The lowest BCUT2D eigenvalue weighted by Gasteiger charge is -2.26. The summed E-state index contributed by atoms with van der Waals surface area (Å²) in [5.41, 5.74) is 1.30. The minimum Gasteiger partial charge on any atom is -0.444 e. The predicted octanol–water partition coefficient (Wildman–Crippen LogP) is 3.43. The number of hydrogen-bond acceptors (Lipinski definition) is 4. The van der Waals surface area contributed by atoms with Crippen molar-refractivity contribution in [2.75, 3.05) is 19.6 Å². The van der Waals surface area contributed by atoms with Crippen molar-refractivity contribution in [2.45, 2.75) is 65.0 Å². The lowest BCUT2D eigenvalue weighted by Crippen LogP contribution is -2.41. The van der Waals surface area contributed by atoms with Crippen LogP contribution in [0.3, 0.4) is 0 Å². The summed E-state index contributed by atoms with van der Waals surface area (Å²) in [6.07, 6.45) is 3.91. The van der Waals surface area contributed by atoms with Crippen LogP contribution in [0.4, 0.5) is 4.79 Å². The first-order valence-electron chi connectivity index (χ1n) is 10.7. The molecule has 0 saturated heterocycles. The summed E-state index contributed by atoms with van der Waals surface area (Å²) in [5, 5.41) is 2.84. The highest BCUT2D eigenvalue weighted by molar-refractivity contribution is 5.97. The molecule has 1 fully saturated rings. The quantitative estimate of drug-likeness (QED) is 0.754. The molecular formula is C22H32N4O4. The number of rotatable bonds is 6. The molecule has 1 heterocycles. The van der Waals surface area contributed by atoms with Gasteiger partial charge in [-0.25, -0.2) is 9.59 Å². The van der Waals surface area contributed by atoms with Crippen LogP contribution in [0, 0.1) is 0 Å². The van der Waals surface area contributed by atoms with Gasteiger partial charge in [0.1, 0.15) is 5.60 Å². The van der Waals surface area contributed by atoms with Crippen LogP contribution in [0.2, 0.25) is 0 Å². The number of H-pyrrole nitrogens is 1. The van der Waals surface area contributed by atoms with Gasteiger partial charge in [-0.05, 0) is 58.7 Å². The Balaban J connectivity index is 1.63. The van der Waals surface area contributed by atoms with Crippen LogP contribution < -0.4 is 11.0 Å². The molecule has 1 saturated carbocycles. The number of carbonyl (C=O) groups excluding carboxylic acids is 2. The number of nitrogens with one attached hydrogen (secondary N) is 2. The van der Waals surface area contributed by atoms with E-state index in [1.54, 1.807) is 17.0 Å². The maximum Gasteiger partial charge on any atom is 0.410 e. The predicted molar refractivity (Wildman–Crippen MR) is 116 cm³/mol. The number of hydrogen-bond donors (Lipinski definition) is 2. The molecule has 0 unspecified atom stereocenters. The van der Waals surface area contributed by atoms with Crippen molar-refractivity contribution < 1.29 is 14.3 Å². The molecule has 2 aromatic rings. The largest absolute Gasteiger partial charge is 0.444 e. The van der Waals surface area contributed by atoms with Crippen LogP contribution in [0.1, 0.15) is 69.8 Å². The van der Waals surface area contributed by atoms with E-state index >= 15 is 0 Å². The Morgan fingerprint density at radius 1 is 1.27 bits per heavy atom. The Hall–Kier alpha value is -2.77. The molecule has 0 spiro atoms. The average Bonchev–Trinajstić information content (AvgIpc) is 3.29. The van der Waals surface area contributed by atoms with Gasteiger partial charge in [-0.3, -0.25) is 9.36 Å². The van der Waals surface area contributed by atoms with Gasteiger partial charge in [-0.1, -0.05) is 12.8 Å². The van der Waals surface area contributed by atoms with Gasteiger partial charge in [0.25, 0.3) is 5.91 Å². The standard InChI is InChI=1S/C22H32N4O4/c1-5-25(21(29)30-22(2,3)4)13-12-23-19(27)15-10-11-18-17(14-15)24-20(28)26(18)16-8-6-7-9-16/h10-11,14,16H,5-9,12-13H2,1-4H3,(H,23,27)(H,24,28). The first-order valence-corrected chi connectivity index (χ1v) is 10.7. The van der Waals surface area contributed by atoms with Gasteiger partial charge in [0.05, 0.1) is 11.0 Å². The van der Waals surface area contributed by atoms with Crippen molar-refractivity contribution in [1.29, 1.82) is 0 Å². The minimum absolute atomic E-state index is 0.120. The highest BCUT2D eigenvalue weighted by Gasteiger charge is 2.22. The smallest absolute Gasteiger partial charge is 0.410 e. The molecule has 1 aromatic carbocycles. The van der Waals surface area contributed by atoms with E-state index in [-0.39, 0.29) is 17.6 Å². The summed E-state index contributed by atoms with van der Waals surface area (Å²) in [7, 11) is 0. The Labute approximate surface area is 176 Å². The number of amides is 2. The molecule has 0 radical (unpaired) electrons. The lowest BCUT2D eigenvalue weighted by molar-refractivity contribution is 0.0261. The van der Waals surface area contributed by atoms with Gasteiger partial charge in [0.15, 0.2) is 0 Å². The molecule has 3 rings (SSSR count). The molecule has 30 heavy (non-hydrogen) atoms. The zero-order valence-electron chi connectivity index (χ0n) is 18.3. The second kappa shape index (κ2) is 8.93. The zero-order valence-corrected chi connectivity index (χ0v) is 18.3. The molecule has 8 heteroatoms. The van der Waals surface area contributed by atoms with E-state index in [4.69, 9.17) is 4.74 Å². The van der Waals surface area contributed by atoms with E-state index in [0.717, 1.165) is 31.2 Å². The molecular weight excluding hydrogens is 384 g/mol. The summed E-state index contributed by atoms with van der Waals surface area (Å²) in [6.45, 7) is 8.48. The van der Waals surface area contributed by atoms with Crippen molar-refractivity contribution in [1.82, 2.24) is 19.8 Å². The zero-order chi connectivity index (χ0) is 21.9. The van der Waals surface area contributed by atoms with Crippen LogP contribution in [0.5, 0.6) is 0 Å². The van der Waals surface area contributed by atoms with Crippen LogP contribution in [-0.2, 0) is 4.74 Å². The second-order valence-corrected chi connectivity index (χ2v) is 8.79. The lowest BCUT2D eigenvalue weighted by atomic mass is 10.1. The third-order valence-electron chi connectivity index (χ3n) is 5.37. The van der Waals surface area contributed by atoms with Crippen LogP contribution >= 0.6 is 0 Å². The number of ether oxygens (including phenoxy) is 1. The summed E-state index contributed by atoms with van der Waals surface area (Å²) in [6, 6.07) is 5.52. The van der Waals surface area contributed by atoms with Gasteiger partial charge in [0, 0.05) is 31.2 Å². The average molecular weight is 417 g/mol. The number of aromatic amines is 1. The summed E-state index contributed by atoms with van der Waals surface area (Å²) >= 11 is 0. The van der Waals surface area contributed by atoms with Gasteiger partial charge in [-0.15, -0.1) is 0 Å². The number of benzene rings is 1. The number of nitrogens with zero attached hydrogens (tertiary/aromatic N) is 2. The Kier molecular flexibility index (Phi) is 6.53. The molecule has 164 valence electrons. The van der Waals surface area contributed by atoms with Crippen molar-refractivity contribution in [2.24, 2.45) is 0 Å². The van der Waals surface area contributed by atoms with Crippen molar-refractivity contribution in [3.05, 3.63) is 34.2 Å². The highest BCUT2D eigenvalue weighted by atomic mass is 16.6. The van der Waals surface area contributed by atoms with E-state index in [9.17, 15) is 14.4 Å². The third kappa shape index (κ3) is 5.04. The fourth-order valence-electron chi connectivity index (χ4n) is 3.91. The minimum atomic E-state index is -0.561. The van der Waals surface area contributed by atoms with E-state index in [1.165, 1.54) is 0 Å². The first kappa shape index (κ1) is 21.9. The SMILES string of the molecule is CCN(CCNC(=O)c1ccc2c(c1)[nH]c(=O)n2C1CCCC1)C(=O)OC(C)(C)C. The van der Waals surface area contributed by atoms with E-state index in [0.29, 0.717) is 30.7 Å². The monoisotopic (exact) mass is 416 g/mol. The topological polar surface area (TPSA) is 96.4 Å². The molecule has 0 atom stereocenters. The summed E-state index contributed by atoms with van der Waals surface area (Å²) in [5.74, 6) is -0.244. The van der Waals surface area contributed by atoms with E-state index in [2.05, 4.69) is 10.3 Å². The number of aromatic nitrogens is 2. The second-order valence-electron chi connectivity index (χ2n) is 8.79. The number of likely N-dealkylation sites (N-methyl/N-ethyl adjacent to an activating group) is 1. The number of fused-ring (bicyclic) bond motifs is 1. The van der Waals surface area contributed by atoms with Crippen molar-refractivity contribution >= 4 is 23.0 Å². The van der Waals surface area contributed by atoms with Gasteiger partial charge < -0.3 is 19.9 Å². The molecule has 1 aromatic heterocycles. The molecule has 2 N–H and O–H groups in total. The number of carbonyl (C=O) groups is 2. The summed E-state index contributed by atoms with van der Waals surface area (Å²) < 4.78 is 7.20. The van der Waals surface area contributed by atoms with Gasteiger partial charge >= 0.3 is 11.8 Å². The summed E-state index contributed by atoms with van der Waals surface area (Å²) in [4.78, 5) is 41.6. The molecule has 1 aliphatic rings. The molecule has 2 amide bonds. The van der Waals surface area contributed by atoms with Crippen molar-refractivity contribution in [3.63, 3.8) is 0 Å². The molecule has 8 nitrogen and oxygen atoms in total. The first-order chi connectivity index (χ1) is 14.2. The fraction of sp³-hybridized carbons (Fsp3) is 0.591. The maximum absolute atomic E-state index is 12.6. The van der Waals surface area contributed by atoms with Gasteiger partial charge in [0.2, 0.25) is 0 Å². The Morgan fingerprint density at radius 2 is 1.97 bits per heavy atom. The third-order valence-corrected chi connectivity index (χ3v) is 5.37. The Bertz CT molecular complexity index is 964.